The summed E-state index contributed by atoms with van der Waals surface area (Å²) >= 11 is 0. The van der Waals surface area contributed by atoms with Crippen LogP contribution in [0.25, 0.3) is 0 Å². The molecule has 1 aromatic rings. The highest BCUT2D eigenvalue weighted by Crippen LogP contribution is 2.29. The lowest BCUT2D eigenvalue weighted by Gasteiger charge is -2.33. The van der Waals surface area contributed by atoms with Gasteiger partial charge in [0.25, 0.3) is 0 Å². The summed E-state index contributed by atoms with van der Waals surface area (Å²) in [5.74, 6) is -0.288. The first kappa shape index (κ1) is 13.6. The summed E-state index contributed by atoms with van der Waals surface area (Å²) in [6, 6.07) is 4.95. The summed E-state index contributed by atoms with van der Waals surface area (Å²) in [6.45, 7) is 0. The standard InChI is InChI=1S/C13H13F3N2O/c14-13(15,16)19-10-6-4-9(5-7-10)12(18)8-2-1-3-11(12)17/h1-8,11H,17-18H2. The zero-order valence-corrected chi connectivity index (χ0v) is 9.89. The van der Waals surface area contributed by atoms with Gasteiger partial charge in [0.15, 0.2) is 0 Å². The van der Waals surface area contributed by atoms with E-state index in [2.05, 4.69) is 4.74 Å². The predicted octanol–water partition coefficient (Wildman–Crippen LogP) is 2.19. The van der Waals surface area contributed by atoms with Gasteiger partial charge in [-0.1, -0.05) is 36.4 Å². The van der Waals surface area contributed by atoms with E-state index in [4.69, 9.17) is 11.5 Å². The van der Waals surface area contributed by atoms with Gasteiger partial charge in [0.1, 0.15) is 5.75 Å². The van der Waals surface area contributed by atoms with Crippen LogP contribution in [0.2, 0.25) is 0 Å². The van der Waals surface area contributed by atoms with Crippen LogP contribution in [-0.2, 0) is 5.54 Å². The second kappa shape index (κ2) is 4.71. The van der Waals surface area contributed by atoms with E-state index in [0.29, 0.717) is 5.56 Å². The van der Waals surface area contributed by atoms with Gasteiger partial charge in [-0.2, -0.15) is 0 Å². The van der Waals surface area contributed by atoms with E-state index in [1.165, 1.54) is 24.3 Å². The molecule has 0 aromatic heterocycles. The van der Waals surface area contributed by atoms with Gasteiger partial charge in [-0.05, 0) is 17.7 Å². The first-order chi connectivity index (χ1) is 8.81. The summed E-state index contributed by atoms with van der Waals surface area (Å²) in [5, 5.41) is 0. The largest absolute Gasteiger partial charge is 0.573 e. The molecule has 0 spiro atoms. The monoisotopic (exact) mass is 270 g/mol. The third-order valence-electron chi connectivity index (χ3n) is 2.94. The van der Waals surface area contributed by atoms with Crippen molar-refractivity contribution in [1.29, 1.82) is 0 Å². The van der Waals surface area contributed by atoms with Crippen molar-refractivity contribution in [3.63, 3.8) is 0 Å². The quantitative estimate of drug-likeness (QED) is 0.866. The van der Waals surface area contributed by atoms with Gasteiger partial charge in [-0.3, -0.25) is 0 Å². The van der Waals surface area contributed by atoms with E-state index in [0.717, 1.165) is 0 Å². The number of benzene rings is 1. The smallest absolute Gasteiger partial charge is 0.406 e. The maximum Gasteiger partial charge on any atom is 0.573 e. The van der Waals surface area contributed by atoms with Crippen LogP contribution in [0.3, 0.4) is 0 Å². The fourth-order valence-electron chi connectivity index (χ4n) is 1.90. The first-order valence-corrected chi connectivity index (χ1v) is 5.58. The van der Waals surface area contributed by atoms with Crippen LogP contribution >= 0.6 is 0 Å². The Morgan fingerprint density at radius 3 is 2.26 bits per heavy atom. The Morgan fingerprint density at radius 2 is 1.74 bits per heavy atom. The second-order valence-corrected chi connectivity index (χ2v) is 4.27. The van der Waals surface area contributed by atoms with Crippen LogP contribution in [-0.4, -0.2) is 12.4 Å². The molecule has 1 aliphatic rings. The van der Waals surface area contributed by atoms with Crippen LogP contribution in [0.1, 0.15) is 5.56 Å². The number of ether oxygens (including phenoxy) is 1. The van der Waals surface area contributed by atoms with E-state index in [9.17, 15) is 13.2 Å². The average Bonchev–Trinajstić information content (AvgIpc) is 2.32. The Labute approximate surface area is 108 Å². The Hall–Kier alpha value is -1.79. The van der Waals surface area contributed by atoms with Crippen molar-refractivity contribution in [2.24, 2.45) is 11.5 Å². The van der Waals surface area contributed by atoms with Gasteiger partial charge >= 0.3 is 6.36 Å². The Kier molecular flexibility index (Phi) is 3.38. The third kappa shape index (κ3) is 2.97. The topological polar surface area (TPSA) is 61.3 Å². The number of alkyl halides is 3. The molecule has 0 aliphatic heterocycles. The number of halogens is 3. The molecule has 102 valence electrons. The maximum atomic E-state index is 12.0. The van der Waals surface area contributed by atoms with E-state index in [1.807, 2.05) is 0 Å². The van der Waals surface area contributed by atoms with E-state index in [1.54, 1.807) is 24.3 Å². The Bertz CT molecular complexity index is 508. The lowest BCUT2D eigenvalue weighted by atomic mass is 9.81. The molecule has 1 aliphatic carbocycles. The molecule has 19 heavy (non-hydrogen) atoms. The van der Waals surface area contributed by atoms with E-state index >= 15 is 0 Å². The molecule has 1 aromatic carbocycles. The molecule has 0 saturated carbocycles. The van der Waals surface area contributed by atoms with Crippen molar-refractivity contribution < 1.29 is 17.9 Å². The van der Waals surface area contributed by atoms with Crippen molar-refractivity contribution in [3.05, 3.63) is 54.1 Å². The van der Waals surface area contributed by atoms with Crippen molar-refractivity contribution in [3.8, 4) is 5.75 Å². The van der Waals surface area contributed by atoms with Gasteiger partial charge in [-0.25, -0.2) is 0 Å². The lowest BCUT2D eigenvalue weighted by molar-refractivity contribution is -0.274. The van der Waals surface area contributed by atoms with Gasteiger partial charge in [0, 0.05) is 6.04 Å². The summed E-state index contributed by atoms with van der Waals surface area (Å²) in [7, 11) is 0. The Balaban J connectivity index is 2.23. The van der Waals surface area contributed by atoms with Gasteiger partial charge in [0.05, 0.1) is 5.54 Å². The number of rotatable bonds is 2. The third-order valence-corrected chi connectivity index (χ3v) is 2.94. The molecule has 4 N–H and O–H groups in total. The highest BCUT2D eigenvalue weighted by molar-refractivity contribution is 5.40. The fraction of sp³-hybridized carbons (Fsp3) is 0.231. The summed E-state index contributed by atoms with van der Waals surface area (Å²) < 4.78 is 39.9. The molecule has 2 unspecified atom stereocenters. The highest BCUT2D eigenvalue weighted by Gasteiger charge is 2.33. The van der Waals surface area contributed by atoms with E-state index in [-0.39, 0.29) is 5.75 Å². The van der Waals surface area contributed by atoms with Crippen LogP contribution in [0.15, 0.2) is 48.6 Å². The van der Waals surface area contributed by atoms with Gasteiger partial charge in [-0.15, -0.1) is 13.2 Å². The number of allylic oxidation sites excluding steroid dienone is 2. The molecule has 6 heteroatoms. The van der Waals surface area contributed by atoms with Crippen molar-refractivity contribution in [2.75, 3.05) is 0 Å². The zero-order chi connectivity index (χ0) is 14.1. The molecule has 0 fully saturated rings. The van der Waals surface area contributed by atoms with Crippen LogP contribution < -0.4 is 16.2 Å². The van der Waals surface area contributed by atoms with Crippen molar-refractivity contribution >= 4 is 0 Å². The number of hydrogen-bond donors (Lipinski definition) is 2. The summed E-state index contributed by atoms with van der Waals surface area (Å²) in [6.07, 6.45) is 2.28. The van der Waals surface area contributed by atoms with Gasteiger partial charge < -0.3 is 16.2 Å². The van der Waals surface area contributed by atoms with Crippen LogP contribution in [0.4, 0.5) is 13.2 Å². The molecule has 0 bridgehead atoms. The zero-order valence-electron chi connectivity index (χ0n) is 9.89. The predicted molar refractivity (Wildman–Crippen MR) is 65.2 cm³/mol. The fourth-order valence-corrected chi connectivity index (χ4v) is 1.90. The summed E-state index contributed by atoms with van der Waals surface area (Å²) in [5.41, 5.74) is 11.8. The number of nitrogens with two attached hydrogens (primary N) is 2. The molecule has 3 nitrogen and oxygen atoms in total. The van der Waals surface area contributed by atoms with E-state index < -0.39 is 17.9 Å². The lowest BCUT2D eigenvalue weighted by Crippen LogP contribution is -2.50. The maximum absolute atomic E-state index is 12.0. The van der Waals surface area contributed by atoms with Crippen molar-refractivity contribution in [1.82, 2.24) is 0 Å². The van der Waals surface area contributed by atoms with Gasteiger partial charge in [0.2, 0.25) is 0 Å². The molecular weight excluding hydrogens is 257 g/mol. The minimum Gasteiger partial charge on any atom is -0.406 e. The minimum absolute atomic E-state index is 0.288. The second-order valence-electron chi connectivity index (χ2n) is 4.27. The SMILES string of the molecule is NC1C=CC=CC1(N)c1ccc(OC(F)(F)F)cc1. The minimum atomic E-state index is -4.70. The molecule has 2 atom stereocenters. The molecule has 0 amide bonds. The summed E-state index contributed by atoms with van der Waals surface area (Å²) in [4.78, 5) is 0. The highest BCUT2D eigenvalue weighted by atomic mass is 19.4. The number of hydrogen-bond acceptors (Lipinski definition) is 3. The molecule has 0 saturated heterocycles. The van der Waals surface area contributed by atoms with Crippen LogP contribution in [0, 0.1) is 0 Å². The normalized spacial score (nSPS) is 26.5. The molecular formula is C13H13F3N2O. The van der Waals surface area contributed by atoms with Crippen molar-refractivity contribution in [2.45, 2.75) is 17.9 Å². The first-order valence-electron chi connectivity index (χ1n) is 5.58. The van der Waals surface area contributed by atoms with Crippen LogP contribution in [0.5, 0.6) is 5.75 Å². The Morgan fingerprint density at radius 1 is 1.11 bits per heavy atom. The molecule has 0 heterocycles. The molecule has 0 radical (unpaired) electrons. The molecule has 2 rings (SSSR count). The average molecular weight is 270 g/mol.